The molecule has 0 fully saturated rings. The quantitative estimate of drug-likeness (QED) is 0.450. The number of fused-ring (bicyclic) bond motifs is 4. The van der Waals surface area contributed by atoms with E-state index in [1.54, 1.807) is 0 Å². The summed E-state index contributed by atoms with van der Waals surface area (Å²) in [5, 5.41) is 8.71. The molecule has 0 radical (unpaired) electrons. The molecule has 4 aromatic rings. The van der Waals surface area contributed by atoms with E-state index in [0.717, 1.165) is 45.7 Å². The van der Waals surface area contributed by atoms with Gasteiger partial charge in [0, 0.05) is 23.2 Å². The Kier molecular flexibility index (Phi) is 5.52. The first kappa shape index (κ1) is 20.5. The van der Waals surface area contributed by atoms with Gasteiger partial charge in [0.1, 0.15) is 12.4 Å². The van der Waals surface area contributed by atoms with E-state index in [1.807, 2.05) is 48.7 Å². The van der Waals surface area contributed by atoms with Crippen molar-refractivity contribution in [3.05, 3.63) is 70.5 Å². The maximum Gasteiger partial charge on any atom is 0.220 e. The number of benzene rings is 2. The van der Waals surface area contributed by atoms with Crippen molar-refractivity contribution in [1.82, 2.24) is 19.9 Å². The first-order chi connectivity index (χ1) is 15.6. The molecular weight excluding hydrogens is 400 g/mol. The van der Waals surface area contributed by atoms with Gasteiger partial charge in [-0.3, -0.25) is 4.79 Å². The number of hydrogen-bond donors (Lipinski definition) is 1. The summed E-state index contributed by atoms with van der Waals surface area (Å²) in [6.07, 6.45) is 4.58. The minimum absolute atomic E-state index is 0.0204. The molecule has 164 valence electrons. The van der Waals surface area contributed by atoms with Crippen molar-refractivity contribution in [3.63, 3.8) is 0 Å². The Balaban J connectivity index is 1.16. The van der Waals surface area contributed by atoms with Crippen LogP contribution in [0.5, 0.6) is 5.75 Å². The molecular formula is C26H28N4O2. The van der Waals surface area contributed by atoms with Crippen LogP contribution in [0.25, 0.3) is 16.6 Å². The lowest BCUT2D eigenvalue weighted by Crippen LogP contribution is -2.28. The van der Waals surface area contributed by atoms with E-state index >= 15 is 0 Å². The summed E-state index contributed by atoms with van der Waals surface area (Å²) in [5.74, 6) is 0.907. The third kappa shape index (κ3) is 3.93. The monoisotopic (exact) mass is 428 g/mol. The third-order valence-electron chi connectivity index (χ3n) is 6.38. The van der Waals surface area contributed by atoms with Crippen molar-refractivity contribution in [2.45, 2.75) is 46.0 Å². The van der Waals surface area contributed by atoms with Gasteiger partial charge in [0.2, 0.25) is 5.91 Å². The highest BCUT2D eigenvalue weighted by molar-refractivity contribution is 5.92. The Labute approximate surface area is 187 Å². The van der Waals surface area contributed by atoms with E-state index in [1.165, 1.54) is 24.0 Å². The largest absolute Gasteiger partial charge is 0.492 e. The van der Waals surface area contributed by atoms with E-state index in [9.17, 15) is 4.79 Å². The van der Waals surface area contributed by atoms with Crippen molar-refractivity contribution in [1.29, 1.82) is 0 Å². The molecule has 0 saturated carbocycles. The molecule has 0 aliphatic heterocycles. The predicted molar refractivity (Wildman–Crippen MR) is 125 cm³/mol. The Morgan fingerprint density at radius 3 is 2.88 bits per heavy atom. The van der Waals surface area contributed by atoms with Gasteiger partial charge < -0.3 is 10.1 Å². The van der Waals surface area contributed by atoms with Crippen molar-refractivity contribution in [2.75, 3.05) is 13.2 Å². The van der Waals surface area contributed by atoms with Crippen LogP contribution in [0.2, 0.25) is 0 Å². The van der Waals surface area contributed by atoms with Gasteiger partial charge in [-0.2, -0.15) is 5.10 Å². The SMILES string of the molecule is Cc1nc2c3ccccc3nn2c(C)c1CCC(=O)NCCOc1ccc2c(c1)CCC2. The summed E-state index contributed by atoms with van der Waals surface area (Å²) in [5.41, 5.74) is 7.70. The molecule has 0 unspecified atom stereocenters. The summed E-state index contributed by atoms with van der Waals surface area (Å²) >= 11 is 0. The van der Waals surface area contributed by atoms with E-state index in [0.29, 0.717) is 26.0 Å². The molecule has 1 aliphatic carbocycles. The zero-order chi connectivity index (χ0) is 22.1. The van der Waals surface area contributed by atoms with E-state index in [-0.39, 0.29) is 5.91 Å². The Bertz CT molecular complexity index is 1310. The van der Waals surface area contributed by atoms with Gasteiger partial charge >= 0.3 is 0 Å². The van der Waals surface area contributed by atoms with Crippen molar-refractivity contribution < 1.29 is 9.53 Å². The molecule has 0 saturated heterocycles. The van der Waals surface area contributed by atoms with Gasteiger partial charge in [0.05, 0.1) is 12.1 Å². The smallest absolute Gasteiger partial charge is 0.220 e. The number of aromatic nitrogens is 3. The maximum absolute atomic E-state index is 12.4. The van der Waals surface area contributed by atoms with Gasteiger partial charge in [-0.25, -0.2) is 9.50 Å². The number of aryl methyl sites for hydroxylation is 4. The highest BCUT2D eigenvalue weighted by atomic mass is 16.5. The molecule has 0 atom stereocenters. The van der Waals surface area contributed by atoms with Crippen LogP contribution in [0.15, 0.2) is 42.5 Å². The number of carbonyl (C=O) groups is 1. The average molecular weight is 429 g/mol. The fourth-order valence-corrected chi connectivity index (χ4v) is 4.66. The van der Waals surface area contributed by atoms with E-state index in [4.69, 9.17) is 14.8 Å². The second-order valence-corrected chi connectivity index (χ2v) is 8.50. The average Bonchev–Trinajstić information content (AvgIpc) is 3.41. The number of rotatable bonds is 7. The van der Waals surface area contributed by atoms with Crippen LogP contribution >= 0.6 is 0 Å². The molecule has 6 heteroatoms. The van der Waals surface area contributed by atoms with Crippen LogP contribution < -0.4 is 10.1 Å². The zero-order valence-corrected chi connectivity index (χ0v) is 18.6. The Morgan fingerprint density at radius 1 is 1.12 bits per heavy atom. The van der Waals surface area contributed by atoms with Crippen molar-refractivity contribution in [3.8, 4) is 5.75 Å². The second kappa shape index (κ2) is 8.61. The molecule has 0 spiro atoms. The standard InChI is InChI=1S/C26H28N4O2/c1-17-22(18(2)30-26(28-17)23-8-3-4-9-24(23)29-30)12-13-25(31)27-14-15-32-21-11-10-19-6-5-7-20(19)16-21/h3-4,8-11,16H,5-7,12-15H2,1-2H3,(H,27,31). The minimum atomic E-state index is 0.0204. The fourth-order valence-electron chi connectivity index (χ4n) is 4.66. The number of carbonyl (C=O) groups excluding carboxylic acids is 1. The number of amides is 1. The normalized spacial score (nSPS) is 12.9. The van der Waals surface area contributed by atoms with Gasteiger partial charge in [-0.05, 0) is 80.5 Å². The molecule has 32 heavy (non-hydrogen) atoms. The summed E-state index contributed by atoms with van der Waals surface area (Å²) in [6.45, 7) is 5.02. The molecule has 2 aromatic carbocycles. The summed E-state index contributed by atoms with van der Waals surface area (Å²) in [7, 11) is 0. The molecule has 2 aromatic heterocycles. The first-order valence-electron chi connectivity index (χ1n) is 11.3. The topological polar surface area (TPSA) is 68.5 Å². The van der Waals surface area contributed by atoms with Gasteiger partial charge in [-0.1, -0.05) is 18.2 Å². The molecule has 5 rings (SSSR count). The number of ether oxygens (including phenoxy) is 1. The summed E-state index contributed by atoms with van der Waals surface area (Å²) in [4.78, 5) is 17.2. The van der Waals surface area contributed by atoms with Crippen LogP contribution in [0.1, 0.15) is 40.9 Å². The lowest BCUT2D eigenvalue weighted by Gasteiger charge is -2.12. The summed E-state index contributed by atoms with van der Waals surface area (Å²) in [6, 6.07) is 14.3. The second-order valence-electron chi connectivity index (χ2n) is 8.50. The fraction of sp³-hybridized carbons (Fsp3) is 0.346. The molecule has 0 bridgehead atoms. The highest BCUT2D eigenvalue weighted by Gasteiger charge is 2.15. The molecule has 1 amide bonds. The van der Waals surface area contributed by atoms with Gasteiger partial charge in [-0.15, -0.1) is 0 Å². The van der Waals surface area contributed by atoms with E-state index < -0.39 is 0 Å². The number of hydrogen-bond acceptors (Lipinski definition) is 4. The van der Waals surface area contributed by atoms with E-state index in [2.05, 4.69) is 17.4 Å². The molecule has 2 heterocycles. The minimum Gasteiger partial charge on any atom is -0.492 e. The third-order valence-corrected chi connectivity index (χ3v) is 6.38. The highest BCUT2D eigenvalue weighted by Crippen LogP contribution is 2.26. The predicted octanol–water partition coefficient (Wildman–Crippen LogP) is 4.12. The van der Waals surface area contributed by atoms with Crippen LogP contribution in [0.4, 0.5) is 0 Å². The van der Waals surface area contributed by atoms with Crippen LogP contribution in [0.3, 0.4) is 0 Å². The van der Waals surface area contributed by atoms with Crippen LogP contribution in [0, 0.1) is 13.8 Å². The molecule has 6 nitrogen and oxygen atoms in total. The van der Waals surface area contributed by atoms with Gasteiger partial charge in [0.15, 0.2) is 5.65 Å². The van der Waals surface area contributed by atoms with Crippen LogP contribution in [-0.4, -0.2) is 33.7 Å². The lowest BCUT2D eigenvalue weighted by atomic mass is 10.1. The Morgan fingerprint density at radius 2 is 1.97 bits per heavy atom. The number of nitrogens with zero attached hydrogens (tertiary/aromatic N) is 3. The zero-order valence-electron chi connectivity index (χ0n) is 18.6. The van der Waals surface area contributed by atoms with Crippen molar-refractivity contribution >= 4 is 22.5 Å². The molecule has 1 aliphatic rings. The van der Waals surface area contributed by atoms with Gasteiger partial charge in [0.25, 0.3) is 0 Å². The number of nitrogens with one attached hydrogen (secondary N) is 1. The van der Waals surface area contributed by atoms with Crippen LogP contribution in [-0.2, 0) is 24.1 Å². The first-order valence-corrected chi connectivity index (χ1v) is 11.3. The maximum atomic E-state index is 12.4. The Hall–Kier alpha value is -3.41. The van der Waals surface area contributed by atoms with Crippen molar-refractivity contribution in [2.24, 2.45) is 0 Å². The lowest BCUT2D eigenvalue weighted by molar-refractivity contribution is -0.121. The summed E-state index contributed by atoms with van der Waals surface area (Å²) < 4.78 is 7.72. The molecule has 1 N–H and O–H groups in total.